The number of ether oxygens (including phenoxy) is 2. The minimum absolute atomic E-state index is 0.155. The number of piperidine rings is 1. The molecule has 2 aliphatic heterocycles. The molecule has 1 fully saturated rings. The average Bonchev–Trinajstić information content (AvgIpc) is 3.32. The van der Waals surface area contributed by atoms with Crippen LogP contribution in [0.15, 0.2) is 22.7 Å². The zero-order chi connectivity index (χ0) is 19.5. The van der Waals surface area contributed by atoms with E-state index in [4.69, 9.17) is 14.0 Å². The zero-order valence-corrected chi connectivity index (χ0v) is 16.5. The Morgan fingerprint density at radius 2 is 2.14 bits per heavy atom. The molecule has 28 heavy (non-hydrogen) atoms. The van der Waals surface area contributed by atoms with E-state index in [2.05, 4.69) is 22.3 Å². The highest BCUT2D eigenvalue weighted by Crippen LogP contribution is 2.37. The van der Waals surface area contributed by atoms with Crippen molar-refractivity contribution in [2.45, 2.75) is 45.6 Å². The number of hydrogen-bond donors (Lipinski definition) is 1. The van der Waals surface area contributed by atoms with Gasteiger partial charge < -0.3 is 24.2 Å². The molecule has 1 amide bonds. The van der Waals surface area contributed by atoms with Crippen LogP contribution in [0.25, 0.3) is 11.3 Å². The minimum atomic E-state index is -0.155. The third kappa shape index (κ3) is 3.85. The molecule has 2 aromatic rings. The smallest absolute Gasteiger partial charge is 0.257 e. The molecule has 1 N–H and O–H groups in total. The Kier molecular flexibility index (Phi) is 5.52. The molecular formula is C21H27N3O4. The molecular weight excluding hydrogens is 358 g/mol. The van der Waals surface area contributed by atoms with Crippen molar-refractivity contribution in [3.63, 3.8) is 0 Å². The van der Waals surface area contributed by atoms with Crippen molar-refractivity contribution in [2.24, 2.45) is 0 Å². The highest BCUT2D eigenvalue weighted by molar-refractivity contribution is 6.00. The number of aryl methyl sites for hydroxylation is 1. The molecule has 4 rings (SSSR count). The summed E-state index contributed by atoms with van der Waals surface area (Å²) in [6.45, 7) is 7.08. The van der Waals surface area contributed by atoms with Crippen LogP contribution >= 0.6 is 0 Å². The molecule has 1 atom stereocenters. The molecule has 0 spiro atoms. The maximum atomic E-state index is 12.8. The molecule has 0 aliphatic carbocycles. The van der Waals surface area contributed by atoms with Crippen molar-refractivity contribution in [2.75, 3.05) is 26.4 Å². The molecule has 0 bridgehead atoms. The molecule has 150 valence electrons. The van der Waals surface area contributed by atoms with Crippen molar-refractivity contribution in [3.8, 4) is 22.8 Å². The van der Waals surface area contributed by atoms with E-state index in [-0.39, 0.29) is 12.7 Å². The Hall–Kier alpha value is -2.54. The van der Waals surface area contributed by atoms with Crippen LogP contribution in [0, 0.1) is 6.92 Å². The predicted molar refractivity (Wildman–Crippen MR) is 105 cm³/mol. The second-order valence-corrected chi connectivity index (χ2v) is 7.53. The maximum Gasteiger partial charge on any atom is 0.257 e. The van der Waals surface area contributed by atoms with E-state index < -0.39 is 0 Å². The second kappa shape index (κ2) is 8.22. The van der Waals surface area contributed by atoms with E-state index >= 15 is 0 Å². The largest absolute Gasteiger partial charge is 0.454 e. The van der Waals surface area contributed by atoms with Crippen LogP contribution in [-0.2, 0) is 0 Å². The number of benzene rings is 1. The first-order valence-corrected chi connectivity index (χ1v) is 10.0. The third-order valence-corrected chi connectivity index (χ3v) is 5.57. The van der Waals surface area contributed by atoms with E-state index in [9.17, 15) is 4.79 Å². The molecule has 0 radical (unpaired) electrons. The van der Waals surface area contributed by atoms with Crippen LogP contribution in [0.1, 0.15) is 48.7 Å². The van der Waals surface area contributed by atoms with Gasteiger partial charge >= 0.3 is 0 Å². The fourth-order valence-electron chi connectivity index (χ4n) is 3.93. The highest BCUT2D eigenvalue weighted by atomic mass is 16.7. The lowest BCUT2D eigenvalue weighted by atomic mass is 10.0. The van der Waals surface area contributed by atoms with E-state index in [0.29, 0.717) is 41.1 Å². The summed E-state index contributed by atoms with van der Waals surface area (Å²) in [5.74, 6) is 1.64. The van der Waals surface area contributed by atoms with Gasteiger partial charge in [-0.1, -0.05) is 11.6 Å². The number of likely N-dealkylation sites (tertiary alicyclic amines) is 1. The van der Waals surface area contributed by atoms with E-state index in [1.807, 2.05) is 18.2 Å². The number of amides is 1. The van der Waals surface area contributed by atoms with Crippen molar-refractivity contribution in [1.29, 1.82) is 0 Å². The SMILES string of the molecule is Cc1noc(-c2ccc3c(c2)OCO3)c1C(=O)NCCCN1CCCCC1C. The number of carbonyl (C=O) groups is 1. The van der Waals surface area contributed by atoms with Gasteiger partial charge in [0.05, 0.1) is 5.69 Å². The first-order valence-electron chi connectivity index (χ1n) is 10.0. The molecule has 1 aromatic carbocycles. The number of nitrogens with zero attached hydrogens (tertiary/aromatic N) is 2. The van der Waals surface area contributed by atoms with Crippen LogP contribution in [-0.4, -0.2) is 48.4 Å². The van der Waals surface area contributed by atoms with Crippen LogP contribution in [0.5, 0.6) is 11.5 Å². The second-order valence-electron chi connectivity index (χ2n) is 7.53. The molecule has 7 nitrogen and oxygen atoms in total. The summed E-state index contributed by atoms with van der Waals surface area (Å²) in [5, 5.41) is 7.02. The number of carbonyl (C=O) groups excluding carboxylic acids is 1. The van der Waals surface area contributed by atoms with Gasteiger partial charge in [0, 0.05) is 24.7 Å². The van der Waals surface area contributed by atoms with Crippen LogP contribution in [0.2, 0.25) is 0 Å². The predicted octanol–water partition coefficient (Wildman–Crippen LogP) is 3.37. The average molecular weight is 385 g/mol. The van der Waals surface area contributed by atoms with Crippen molar-refractivity contribution in [1.82, 2.24) is 15.4 Å². The Morgan fingerprint density at radius 3 is 3.00 bits per heavy atom. The third-order valence-electron chi connectivity index (χ3n) is 5.57. The summed E-state index contributed by atoms with van der Waals surface area (Å²) in [5.41, 5.74) is 1.80. The summed E-state index contributed by atoms with van der Waals surface area (Å²) in [6.07, 6.45) is 4.80. The first kappa shape index (κ1) is 18.8. The Labute approximate surface area is 165 Å². The van der Waals surface area contributed by atoms with Gasteiger partial charge in [-0.15, -0.1) is 0 Å². The van der Waals surface area contributed by atoms with Crippen molar-refractivity contribution in [3.05, 3.63) is 29.5 Å². The van der Waals surface area contributed by atoms with E-state index in [0.717, 1.165) is 25.1 Å². The minimum Gasteiger partial charge on any atom is -0.454 e. The normalized spacial score (nSPS) is 19.0. The van der Waals surface area contributed by atoms with Gasteiger partial charge in [0.15, 0.2) is 17.3 Å². The summed E-state index contributed by atoms with van der Waals surface area (Å²) >= 11 is 0. The first-order chi connectivity index (χ1) is 13.6. The van der Waals surface area contributed by atoms with Gasteiger partial charge in [-0.05, 0) is 57.9 Å². The van der Waals surface area contributed by atoms with Gasteiger partial charge in [-0.2, -0.15) is 0 Å². The molecule has 7 heteroatoms. The lowest BCUT2D eigenvalue weighted by Crippen LogP contribution is -2.39. The number of aromatic nitrogens is 1. The Balaban J connectivity index is 1.39. The standard InChI is InChI=1S/C21H27N3O4/c1-14-6-3-4-10-24(14)11-5-9-22-21(25)19-15(2)23-28-20(19)16-7-8-17-18(12-16)27-13-26-17/h7-8,12,14H,3-6,9-11,13H2,1-2H3,(H,22,25). The van der Waals surface area contributed by atoms with E-state index in [1.165, 1.54) is 19.3 Å². The monoisotopic (exact) mass is 385 g/mol. The number of hydrogen-bond acceptors (Lipinski definition) is 6. The lowest BCUT2D eigenvalue weighted by molar-refractivity contribution is 0.0948. The van der Waals surface area contributed by atoms with Crippen molar-refractivity contribution < 1.29 is 18.8 Å². The van der Waals surface area contributed by atoms with Gasteiger partial charge in [-0.3, -0.25) is 4.79 Å². The lowest BCUT2D eigenvalue weighted by Gasteiger charge is -2.33. The summed E-state index contributed by atoms with van der Waals surface area (Å²) in [6, 6.07) is 6.12. The summed E-state index contributed by atoms with van der Waals surface area (Å²) in [4.78, 5) is 15.3. The molecule has 1 aromatic heterocycles. The Morgan fingerprint density at radius 1 is 1.29 bits per heavy atom. The molecule has 3 heterocycles. The molecule has 1 saturated heterocycles. The van der Waals surface area contributed by atoms with Gasteiger partial charge in [0.25, 0.3) is 5.91 Å². The topological polar surface area (TPSA) is 76.8 Å². The zero-order valence-electron chi connectivity index (χ0n) is 16.5. The fraction of sp³-hybridized carbons (Fsp3) is 0.524. The van der Waals surface area contributed by atoms with Crippen LogP contribution in [0.3, 0.4) is 0 Å². The number of nitrogens with one attached hydrogen (secondary N) is 1. The quantitative estimate of drug-likeness (QED) is 0.769. The van der Waals surface area contributed by atoms with Crippen LogP contribution in [0.4, 0.5) is 0 Å². The van der Waals surface area contributed by atoms with Gasteiger partial charge in [-0.25, -0.2) is 0 Å². The Bertz CT molecular complexity index is 848. The van der Waals surface area contributed by atoms with E-state index in [1.54, 1.807) is 6.92 Å². The molecule has 2 aliphatic rings. The highest BCUT2D eigenvalue weighted by Gasteiger charge is 2.24. The molecule has 1 unspecified atom stereocenters. The summed E-state index contributed by atoms with van der Waals surface area (Å²) in [7, 11) is 0. The summed E-state index contributed by atoms with van der Waals surface area (Å²) < 4.78 is 16.2. The van der Waals surface area contributed by atoms with Gasteiger partial charge in [0.2, 0.25) is 6.79 Å². The van der Waals surface area contributed by atoms with Crippen LogP contribution < -0.4 is 14.8 Å². The maximum absolute atomic E-state index is 12.8. The van der Waals surface area contributed by atoms with Crippen molar-refractivity contribution >= 4 is 5.91 Å². The molecule has 0 saturated carbocycles. The number of rotatable bonds is 6. The fourth-order valence-corrected chi connectivity index (χ4v) is 3.93. The van der Waals surface area contributed by atoms with Gasteiger partial charge in [0.1, 0.15) is 5.56 Å². The number of fused-ring (bicyclic) bond motifs is 1.